The Morgan fingerprint density at radius 3 is 2.36 bits per heavy atom. The Hall–Kier alpha value is -3.59. The van der Waals surface area contributed by atoms with E-state index in [1.165, 1.54) is 24.3 Å². The van der Waals surface area contributed by atoms with E-state index in [9.17, 15) is 17.6 Å². The van der Waals surface area contributed by atoms with Gasteiger partial charge in [0.15, 0.2) is 11.5 Å². The first kappa shape index (κ1) is 22.6. The quantitative estimate of drug-likeness (QED) is 0.570. The molecule has 4 rings (SSSR count). The van der Waals surface area contributed by atoms with Crippen LogP contribution in [0.15, 0.2) is 77.7 Å². The van der Waals surface area contributed by atoms with Crippen LogP contribution in [0.2, 0.25) is 0 Å². The molecule has 0 saturated carbocycles. The molecule has 0 aromatic heterocycles. The second kappa shape index (κ2) is 9.50. The largest absolute Gasteiger partial charge is 0.486 e. The minimum absolute atomic E-state index is 0.0549. The van der Waals surface area contributed by atoms with Crippen LogP contribution in [0.3, 0.4) is 0 Å². The van der Waals surface area contributed by atoms with Crippen LogP contribution in [0.1, 0.15) is 18.5 Å². The molecule has 3 aromatic carbocycles. The maximum atomic E-state index is 13.5. The summed E-state index contributed by atoms with van der Waals surface area (Å²) in [4.78, 5) is 13.0. The van der Waals surface area contributed by atoms with Gasteiger partial charge in [-0.15, -0.1) is 0 Å². The normalized spacial score (nSPS) is 13.8. The molecule has 0 bridgehead atoms. The number of ether oxygens (including phenoxy) is 2. The van der Waals surface area contributed by atoms with Crippen molar-refractivity contribution in [3.63, 3.8) is 0 Å². The number of benzene rings is 3. The Labute approximate surface area is 191 Å². The second-order valence-electron chi connectivity index (χ2n) is 7.49. The first-order valence-electron chi connectivity index (χ1n) is 10.4. The predicted octanol–water partition coefficient (Wildman–Crippen LogP) is 3.67. The van der Waals surface area contributed by atoms with Gasteiger partial charge in [0.05, 0.1) is 16.6 Å². The van der Waals surface area contributed by atoms with Gasteiger partial charge >= 0.3 is 0 Å². The number of fused-ring (bicyclic) bond motifs is 1. The highest BCUT2D eigenvalue weighted by Gasteiger charge is 2.29. The Morgan fingerprint density at radius 1 is 1.00 bits per heavy atom. The summed E-state index contributed by atoms with van der Waals surface area (Å²) in [6, 6.07) is 17.9. The molecule has 1 heterocycles. The number of hydrogen-bond donors (Lipinski definition) is 1. The van der Waals surface area contributed by atoms with E-state index in [2.05, 4.69) is 5.32 Å². The molecule has 1 amide bonds. The van der Waals surface area contributed by atoms with Gasteiger partial charge < -0.3 is 14.8 Å². The number of rotatable bonds is 7. The van der Waals surface area contributed by atoms with E-state index in [1.807, 2.05) is 0 Å². The lowest BCUT2D eigenvalue weighted by atomic mass is 10.1. The molecular weight excluding hydrogens is 447 g/mol. The second-order valence-corrected chi connectivity index (χ2v) is 9.36. The van der Waals surface area contributed by atoms with Crippen LogP contribution in [0.25, 0.3) is 0 Å². The topological polar surface area (TPSA) is 84.9 Å². The molecule has 0 saturated heterocycles. The van der Waals surface area contributed by atoms with Gasteiger partial charge in [0, 0.05) is 6.07 Å². The van der Waals surface area contributed by atoms with Gasteiger partial charge in [0.1, 0.15) is 25.6 Å². The average molecular weight is 471 g/mol. The lowest BCUT2D eigenvalue weighted by Crippen LogP contribution is -2.41. The molecular formula is C24H23FN2O5S. The zero-order chi connectivity index (χ0) is 23.4. The number of carbonyl (C=O) groups is 1. The summed E-state index contributed by atoms with van der Waals surface area (Å²) in [6.45, 7) is 2.03. The minimum Gasteiger partial charge on any atom is -0.486 e. The lowest BCUT2D eigenvalue weighted by molar-refractivity contribution is -0.120. The highest BCUT2D eigenvalue weighted by molar-refractivity contribution is 7.92. The van der Waals surface area contributed by atoms with E-state index in [1.54, 1.807) is 55.5 Å². The number of hydrogen-bond acceptors (Lipinski definition) is 5. The van der Waals surface area contributed by atoms with Crippen LogP contribution in [0, 0.1) is 5.82 Å². The Kier molecular flexibility index (Phi) is 6.50. The number of sulfonamides is 1. The smallest absolute Gasteiger partial charge is 0.264 e. The van der Waals surface area contributed by atoms with E-state index in [0.717, 1.165) is 4.31 Å². The van der Waals surface area contributed by atoms with Crippen LogP contribution in [0.4, 0.5) is 10.1 Å². The third-order valence-corrected chi connectivity index (χ3v) is 6.97. The van der Waals surface area contributed by atoms with Crippen molar-refractivity contribution in [1.29, 1.82) is 0 Å². The van der Waals surface area contributed by atoms with E-state index in [-0.39, 0.29) is 16.4 Å². The van der Waals surface area contributed by atoms with Crippen molar-refractivity contribution < 1.29 is 27.1 Å². The number of halogens is 1. The molecule has 33 heavy (non-hydrogen) atoms. The van der Waals surface area contributed by atoms with Gasteiger partial charge in [-0.05, 0) is 48.9 Å². The SMILES string of the molecule is C[C@H](NC(=O)CN(c1ccc2c(c1)OCCO2)S(=O)(=O)c1ccccc1)c1ccc(F)cc1. The molecule has 172 valence electrons. The molecule has 0 unspecified atom stereocenters. The molecule has 7 nitrogen and oxygen atoms in total. The van der Waals surface area contributed by atoms with Gasteiger partial charge in [-0.25, -0.2) is 12.8 Å². The summed E-state index contributed by atoms with van der Waals surface area (Å²) in [5.74, 6) is 0.0285. The van der Waals surface area contributed by atoms with Gasteiger partial charge in [-0.2, -0.15) is 0 Å². The standard InChI is InChI=1S/C24H23FN2O5S/c1-17(18-7-9-19(25)10-8-18)26-24(28)16-27(33(29,30)21-5-3-2-4-6-21)20-11-12-22-23(15-20)32-14-13-31-22/h2-12,15,17H,13-14,16H2,1H3,(H,26,28)/t17-/m0/s1. The molecule has 0 aliphatic carbocycles. The number of amides is 1. The monoisotopic (exact) mass is 470 g/mol. The molecule has 1 aliphatic heterocycles. The minimum atomic E-state index is -4.06. The van der Waals surface area contributed by atoms with Crippen molar-refractivity contribution in [2.24, 2.45) is 0 Å². The van der Waals surface area contributed by atoms with Crippen molar-refractivity contribution in [1.82, 2.24) is 5.32 Å². The van der Waals surface area contributed by atoms with Gasteiger partial charge in [-0.1, -0.05) is 30.3 Å². The van der Waals surface area contributed by atoms with Crippen molar-refractivity contribution in [3.8, 4) is 11.5 Å². The summed E-state index contributed by atoms with van der Waals surface area (Å²) >= 11 is 0. The third-order valence-electron chi connectivity index (χ3n) is 5.18. The number of carbonyl (C=O) groups excluding carboxylic acids is 1. The van der Waals surface area contributed by atoms with E-state index >= 15 is 0 Å². The number of nitrogens with one attached hydrogen (secondary N) is 1. The van der Waals surface area contributed by atoms with Crippen molar-refractivity contribution in [2.45, 2.75) is 17.9 Å². The average Bonchev–Trinajstić information content (AvgIpc) is 2.83. The van der Waals surface area contributed by atoms with Gasteiger partial charge in [-0.3, -0.25) is 9.10 Å². The fourth-order valence-corrected chi connectivity index (χ4v) is 4.91. The van der Waals surface area contributed by atoms with Gasteiger partial charge in [0.2, 0.25) is 5.91 Å². The fourth-order valence-electron chi connectivity index (χ4n) is 3.47. The Bertz CT molecular complexity index is 1230. The fraction of sp³-hybridized carbons (Fsp3) is 0.208. The Balaban J connectivity index is 1.63. The molecule has 1 aliphatic rings. The first-order chi connectivity index (χ1) is 15.8. The molecule has 0 spiro atoms. The summed E-state index contributed by atoms with van der Waals surface area (Å²) in [5, 5.41) is 2.78. The molecule has 0 radical (unpaired) electrons. The molecule has 1 atom stereocenters. The van der Waals surface area contributed by atoms with E-state index in [4.69, 9.17) is 9.47 Å². The van der Waals surface area contributed by atoms with Crippen LogP contribution in [0.5, 0.6) is 11.5 Å². The summed E-state index contributed by atoms with van der Waals surface area (Å²) in [7, 11) is -4.06. The zero-order valence-corrected chi connectivity index (χ0v) is 18.7. The predicted molar refractivity (Wildman–Crippen MR) is 121 cm³/mol. The zero-order valence-electron chi connectivity index (χ0n) is 17.9. The summed E-state index contributed by atoms with van der Waals surface area (Å²) < 4.78 is 52.3. The van der Waals surface area contributed by atoms with Crippen LogP contribution in [-0.4, -0.2) is 34.1 Å². The van der Waals surface area contributed by atoms with Crippen LogP contribution in [-0.2, 0) is 14.8 Å². The highest BCUT2D eigenvalue weighted by Crippen LogP contribution is 2.35. The first-order valence-corrected chi connectivity index (χ1v) is 11.8. The van der Waals surface area contributed by atoms with E-state index < -0.39 is 28.5 Å². The van der Waals surface area contributed by atoms with Crippen molar-refractivity contribution in [3.05, 3.63) is 84.2 Å². The summed E-state index contributed by atoms with van der Waals surface area (Å²) in [5.41, 5.74) is 0.967. The lowest BCUT2D eigenvalue weighted by Gasteiger charge is -2.27. The summed E-state index contributed by atoms with van der Waals surface area (Å²) in [6.07, 6.45) is 0. The van der Waals surface area contributed by atoms with E-state index in [0.29, 0.717) is 30.3 Å². The number of nitrogens with zero attached hydrogens (tertiary/aromatic N) is 1. The van der Waals surface area contributed by atoms with Crippen LogP contribution >= 0.6 is 0 Å². The van der Waals surface area contributed by atoms with Crippen molar-refractivity contribution in [2.75, 3.05) is 24.1 Å². The van der Waals surface area contributed by atoms with Crippen molar-refractivity contribution >= 4 is 21.6 Å². The maximum Gasteiger partial charge on any atom is 0.264 e. The number of anilines is 1. The molecule has 3 aromatic rings. The Morgan fingerprint density at radius 2 is 1.67 bits per heavy atom. The van der Waals surface area contributed by atoms with Gasteiger partial charge in [0.25, 0.3) is 10.0 Å². The molecule has 0 fully saturated rings. The maximum absolute atomic E-state index is 13.5. The van der Waals surface area contributed by atoms with Crippen LogP contribution < -0.4 is 19.1 Å². The molecule has 9 heteroatoms. The molecule has 1 N–H and O–H groups in total. The third kappa shape index (κ3) is 5.09. The highest BCUT2D eigenvalue weighted by atomic mass is 32.2.